The lowest BCUT2D eigenvalue weighted by Crippen LogP contribution is -2.25. The van der Waals surface area contributed by atoms with Crippen molar-refractivity contribution >= 4 is 5.78 Å². The molecule has 0 saturated carbocycles. The number of aromatic hydroxyl groups is 4. The smallest absolute Gasteiger partial charge is 0.200 e. The van der Waals surface area contributed by atoms with Gasteiger partial charge in [-0.25, -0.2) is 0 Å². The molecule has 0 aromatic heterocycles. The van der Waals surface area contributed by atoms with Gasteiger partial charge in [-0.2, -0.15) is 0 Å². The van der Waals surface area contributed by atoms with Gasteiger partial charge in [-0.05, 0) is 29.8 Å². The van der Waals surface area contributed by atoms with E-state index in [0.29, 0.717) is 16.9 Å². The van der Waals surface area contributed by atoms with Crippen molar-refractivity contribution in [3.05, 3.63) is 41.5 Å². The Morgan fingerprint density at radius 2 is 1.67 bits per heavy atom. The molecule has 108 valence electrons. The topological polar surface area (TPSA) is 107 Å². The zero-order chi connectivity index (χ0) is 15.1. The summed E-state index contributed by atoms with van der Waals surface area (Å²) in [7, 11) is 0. The molecule has 1 aliphatic heterocycles. The van der Waals surface area contributed by atoms with Gasteiger partial charge in [-0.1, -0.05) is 0 Å². The van der Waals surface area contributed by atoms with Crippen LogP contribution in [0.25, 0.3) is 0 Å². The maximum absolute atomic E-state index is 12.4. The maximum Gasteiger partial charge on any atom is 0.200 e. The third-order valence-corrected chi connectivity index (χ3v) is 3.45. The number of rotatable bonds is 1. The van der Waals surface area contributed by atoms with Gasteiger partial charge in [0.15, 0.2) is 23.0 Å². The molecule has 2 aromatic carbocycles. The Kier molecular flexibility index (Phi) is 2.86. The summed E-state index contributed by atoms with van der Waals surface area (Å²) >= 11 is 0. The normalized spacial score (nSPS) is 17.1. The highest BCUT2D eigenvalue weighted by molar-refractivity contribution is 6.04. The lowest BCUT2D eigenvalue weighted by atomic mass is 9.88. The van der Waals surface area contributed by atoms with Crippen LogP contribution in [0.5, 0.6) is 28.7 Å². The lowest BCUT2D eigenvalue weighted by Gasteiger charge is -2.24. The molecule has 0 radical (unpaired) electrons. The summed E-state index contributed by atoms with van der Waals surface area (Å²) in [4.78, 5) is 12.4. The van der Waals surface area contributed by atoms with Gasteiger partial charge in [-0.15, -0.1) is 0 Å². The standard InChI is InChI=1S/C15H12O6/c16-8-1-2-9-13(5-8)21-6-10(14(9)19)7-3-11(17)15(20)12(18)4-7/h1-5,10,16-18,20H,6H2. The summed E-state index contributed by atoms with van der Waals surface area (Å²) in [5, 5.41) is 37.8. The van der Waals surface area contributed by atoms with E-state index in [1.165, 1.54) is 30.3 Å². The lowest BCUT2D eigenvalue weighted by molar-refractivity contribution is 0.0896. The van der Waals surface area contributed by atoms with Gasteiger partial charge in [0.25, 0.3) is 0 Å². The van der Waals surface area contributed by atoms with Crippen LogP contribution in [0.15, 0.2) is 30.3 Å². The van der Waals surface area contributed by atoms with Crippen molar-refractivity contribution < 1.29 is 30.0 Å². The minimum atomic E-state index is -0.709. The molecule has 1 aliphatic rings. The number of hydrogen-bond acceptors (Lipinski definition) is 6. The second kappa shape index (κ2) is 4.59. The van der Waals surface area contributed by atoms with Crippen LogP contribution in [-0.4, -0.2) is 32.8 Å². The van der Waals surface area contributed by atoms with Crippen molar-refractivity contribution in [2.24, 2.45) is 0 Å². The van der Waals surface area contributed by atoms with Crippen molar-refractivity contribution in [1.29, 1.82) is 0 Å². The van der Waals surface area contributed by atoms with E-state index in [0.717, 1.165) is 0 Å². The number of carbonyl (C=O) groups excluding carboxylic acids is 1. The second-order valence-corrected chi connectivity index (χ2v) is 4.82. The Balaban J connectivity index is 2.02. The Morgan fingerprint density at radius 1 is 1.00 bits per heavy atom. The molecule has 6 heteroatoms. The summed E-state index contributed by atoms with van der Waals surface area (Å²) in [5.41, 5.74) is 0.655. The van der Waals surface area contributed by atoms with Crippen molar-refractivity contribution in [3.63, 3.8) is 0 Å². The molecule has 1 heterocycles. The van der Waals surface area contributed by atoms with Crippen LogP contribution in [0.2, 0.25) is 0 Å². The minimum absolute atomic E-state index is 0.0000719. The van der Waals surface area contributed by atoms with E-state index < -0.39 is 23.2 Å². The van der Waals surface area contributed by atoms with E-state index in [-0.39, 0.29) is 18.1 Å². The van der Waals surface area contributed by atoms with Crippen LogP contribution in [0.4, 0.5) is 0 Å². The van der Waals surface area contributed by atoms with E-state index in [1.807, 2.05) is 0 Å². The minimum Gasteiger partial charge on any atom is -0.508 e. The first-order chi connectivity index (χ1) is 9.97. The van der Waals surface area contributed by atoms with E-state index in [2.05, 4.69) is 0 Å². The maximum atomic E-state index is 12.4. The average Bonchev–Trinajstić information content (AvgIpc) is 2.44. The zero-order valence-corrected chi connectivity index (χ0v) is 10.8. The van der Waals surface area contributed by atoms with Gasteiger partial charge in [0.05, 0.1) is 11.5 Å². The van der Waals surface area contributed by atoms with Gasteiger partial charge >= 0.3 is 0 Å². The van der Waals surface area contributed by atoms with Crippen LogP contribution in [0.3, 0.4) is 0 Å². The fourth-order valence-electron chi connectivity index (χ4n) is 2.34. The number of hydrogen-bond donors (Lipinski definition) is 4. The Hall–Kier alpha value is -2.89. The summed E-state index contributed by atoms with van der Waals surface area (Å²) in [5.74, 6) is -2.31. The molecule has 6 nitrogen and oxygen atoms in total. The third kappa shape index (κ3) is 2.10. The molecule has 0 bridgehead atoms. The fourth-order valence-corrected chi connectivity index (χ4v) is 2.34. The first kappa shape index (κ1) is 13.1. The molecule has 1 unspecified atom stereocenters. The Morgan fingerprint density at radius 3 is 2.33 bits per heavy atom. The fraction of sp³-hybridized carbons (Fsp3) is 0.133. The van der Waals surface area contributed by atoms with Gasteiger partial charge in [0.1, 0.15) is 18.1 Å². The molecule has 4 N–H and O–H groups in total. The van der Waals surface area contributed by atoms with E-state index >= 15 is 0 Å². The summed E-state index contributed by atoms with van der Waals surface area (Å²) in [6.07, 6.45) is 0. The molecule has 0 amide bonds. The van der Waals surface area contributed by atoms with Crippen molar-refractivity contribution in [2.45, 2.75) is 5.92 Å². The van der Waals surface area contributed by atoms with Gasteiger partial charge in [0.2, 0.25) is 0 Å². The predicted octanol–water partition coefficient (Wildman–Crippen LogP) is 1.87. The quantitative estimate of drug-likeness (QED) is 0.597. The zero-order valence-electron chi connectivity index (χ0n) is 10.8. The van der Waals surface area contributed by atoms with Gasteiger partial charge < -0.3 is 25.2 Å². The van der Waals surface area contributed by atoms with Gasteiger partial charge in [0, 0.05) is 6.07 Å². The molecule has 2 aromatic rings. The summed E-state index contributed by atoms with van der Waals surface area (Å²) in [6, 6.07) is 6.63. The molecule has 3 rings (SSSR count). The molecule has 0 saturated heterocycles. The van der Waals surface area contributed by atoms with Gasteiger partial charge in [-0.3, -0.25) is 4.79 Å². The van der Waals surface area contributed by atoms with E-state index in [9.17, 15) is 25.2 Å². The van der Waals surface area contributed by atoms with Crippen LogP contribution < -0.4 is 4.74 Å². The molecule has 0 aliphatic carbocycles. The highest BCUT2D eigenvalue weighted by atomic mass is 16.5. The van der Waals surface area contributed by atoms with Crippen molar-refractivity contribution in [1.82, 2.24) is 0 Å². The summed E-state index contributed by atoms with van der Waals surface area (Å²) in [6.45, 7) is 0.0128. The predicted molar refractivity (Wildman–Crippen MR) is 72.1 cm³/mol. The first-order valence-electron chi connectivity index (χ1n) is 6.22. The van der Waals surface area contributed by atoms with Crippen molar-refractivity contribution in [3.8, 4) is 28.7 Å². The van der Waals surface area contributed by atoms with Crippen LogP contribution in [0.1, 0.15) is 21.8 Å². The number of carbonyl (C=O) groups is 1. The Labute approximate surface area is 119 Å². The molecular weight excluding hydrogens is 276 g/mol. The molecule has 0 spiro atoms. The second-order valence-electron chi connectivity index (χ2n) is 4.82. The van der Waals surface area contributed by atoms with E-state index in [4.69, 9.17) is 4.74 Å². The van der Waals surface area contributed by atoms with Crippen LogP contribution in [-0.2, 0) is 0 Å². The summed E-state index contributed by atoms with van der Waals surface area (Å²) < 4.78 is 5.45. The van der Waals surface area contributed by atoms with Crippen LogP contribution in [0, 0.1) is 0 Å². The molecular formula is C15H12O6. The first-order valence-corrected chi connectivity index (χ1v) is 6.22. The number of phenolic OH excluding ortho intramolecular Hbond substituents is 4. The highest BCUT2D eigenvalue weighted by Gasteiger charge is 2.31. The molecule has 1 atom stereocenters. The number of ether oxygens (including phenoxy) is 1. The van der Waals surface area contributed by atoms with E-state index in [1.54, 1.807) is 0 Å². The SMILES string of the molecule is O=C1c2ccc(O)cc2OCC1c1cc(O)c(O)c(O)c1. The van der Waals surface area contributed by atoms with Crippen molar-refractivity contribution in [2.75, 3.05) is 6.61 Å². The monoisotopic (exact) mass is 288 g/mol. The number of fused-ring (bicyclic) bond motifs is 1. The largest absolute Gasteiger partial charge is 0.508 e. The Bertz CT molecular complexity index is 714. The number of Topliss-reactive ketones (excluding diaryl/α,β-unsaturated/α-hetero) is 1. The number of benzene rings is 2. The molecule has 0 fully saturated rings. The molecule has 21 heavy (non-hydrogen) atoms. The third-order valence-electron chi connectivity index (χ3n) is 3.45. The van der Waals surface area contributed by atoms with Crippen LogP contribution >= 0.6 is 0 Å². The highest BCUT2D eigenvalue weighted by Crippen LogP contribution is 2.40. The number of phenols is 4. The number of ketones is 1. The average molecular weight is 288 g/mol.